The minimum atomic E-state index is -4.54. The van der Waals surface area contributed by atoms with Gasteiger partial charge in [0.05, 0.1) is 16.9 Å². The first kappa shape index (κ1) is 14.2. The lowest BCUT2D eigenvalue weighted by Crippen LogP contribution is -2.13. The summed E-state index contributed by atoms with van der Waals surface area (Å²) < 4.78 is 40.1. The number of halogens is 4. The minimum absolute atomic E-state index is 0.103. The Morgan fingerprint density at radius 2 is 1.90 bits per heavy atom. The van der Waals surface area contributed by atoms with E-state index in [-0.39, 0.29) is 16.4 Å². The van der Waals surface area contributed by atoms with Crippen molar-refractivity contribution in [3.05, 3.63) is 47.2 Å². The van der Waals surface area contributed by atoms with E-state index in [1.54, 1.807) is 18.2 Å². The van der Waals surface area contributed by atoms with Crippen molar-refractivity contribution in [2.24, 2.45) is 0 Å². The highest BCUT2D eigenvalue weighted by atomic mass is 35.5. The zero-order valence-corrected chi connectivity index (χ0v) is 11.9. The van der Waals surface area contributed by atoms with Crippen molar-refractivity contribution < 1.29 is 13.2 Å². The lowest BCUT2D eigenvalue weighted by Gasteiger charge is -2.11. The van der Waals surface area contributed by atoms with E-state index in [9.17, 15) is 13.2 Å². The van der Waals surface area contributed by atoms with E-state index in [4.69, 9.17) is 11.6 Å². The van der Waals surface area contributed by atoms with Crippen LogP contribution in [0.2, 0.25) is 5.02 Å². The van der Waals surface area contributed by atoms with Crippen LogP contribution in [0.4, 0.5) is 13.2 Å². The second kappa shape index (κ2) is 4.92. The van der Waals surface area contributed by atoms with Crippen molar-refractivity contribution in [1.82, 2.24) is 14.6 Å². The molecule has 3 rings (SSSR count). The third kappa shape index (κ3) is 2.58. The molecular weight excluding hydrogens is 323 g/mol. The number of rotatable bonds is 1. The van der Waals surface area contributed by atoms with Crippen molar-refractivity contribution in [3.8, 4) is 11.3 Å². The summed E-state index contributed by atoms with van der Waals surface area (Å²) in [4.78, 5) is 4.78. The monoisotopic (exact) mass is 329 g/mol. The topological polar surface area (TPSA) is 30.2 Å². The third-order valence-corrected chi connectivity index (χ3v) is 3.47. The predicted octanol–water partition coefficient (Wildman–Crippen LogP) is 4.36. The van der Waals surface area contributed by atoms with Gasteiger partial charge in [-0.1, -0.05) is 17.7 Å². The summed E-state index contributed by atoms with van der Waals surface area (Å²) in [5.74, 6) is 0. The van der Waals surface area contributed by atoms with E-state index in [2.05, 4.69) is 22.7 Å². The average molecular weight is 330 g/mol. The Bertz CT molecular complexity index is 829. The molecule has 0 saturated heterocycles. The van der Waals surface area contributed by atoms with Gasteiger partial charge in [0, 0.05) is 16.5 Å². The Hall–Kier alpha value is -1.73. The summed E-state index contributed by atoms with van der Waals surface area (Å²) in [5, 5.41) is 3.93. The molecule has 21 heavy (non-hydrogen) atoms. The molecule has 0 N–H and O–H groups in total. The molecule has 108 valence electrons. The Morgan fingerprint density at radius 3 is 2.57 bits per heavy atom. The van der Waals surface area contributed by atoms with Crippen molar-refractivity contribution in [2.45, 2.75) is 11.1 Å². The van der Waals surface area contributed by atoms with Gasteiger partial charge in [-0.15, -0.1) is 12.6 Å². The van der Waals surface area contributed by atoms with Crippen LogP contribution in [0.3, 0.4) is 0 Å². The third-order valence-electron chi connectivity index (χ3n) is 2.88. The van der Waals surface area contributed by atoms with Crippen LogP contribution in [0, 0.1) is 0 Å². The first-order valence-corrected chi connectivity index (χ1v) is 6.59. The lowest BCUT2D eigenvalue weighted by atomic mass is 10.1. The van der Waals surface area contributed by atoms with Gasteiger partial charge >= 0.3 is 6.18 Å². The lowest BCUT2D eigenvalue weighted by molar-refractivity contribution is -0.142. The molecule has 0 saturated carbocycles. The molecule has 0 radical (unpaired) electrons. The van der Waals surface area contributed by atoms with Crippen LogP contribution >= 0.6 is 24.2 Å². The molecule has 0 bridgehead atoms. The molecule has 0 fully saturated rings. The summed E-state index contributed by atoms with van der Waals surface area (Å²) >= 11 is 10.2. The molecule has 0 aliphatic heterocycles. The number of aromatic nitrogens is 3. The molecule has 0 spiro atoms. The highest BCUT2D eigenvalue weighted by molar-refractivity contribution is 7.80. The van der Waals surface area contributed by atoms with Crippen molar-refractivity contribution in [3.63, 3.8) is 0 Å². The van der Waals surface area contributed by atoms with Crippen LogP contribution in [0.5, 0.6) is 0 Å². The van der Waals surface area contributed by atoms with Crippen LogP contribution in [0.25, 0.3) is 16.9 Å². The van der Waals surface area contributed by atoms with Gasteiger partial charge in [-0.3, -0.25) is 0 Å². The van der Waals surface area contributed by atoms with Gasteiger partial charge in [0.25, 0.3) is 0 Å². The van der Waals surface area contributed by atoms with Crippen LogP contribution in [-0.4, -0.2) is 14.6 Å². The predicted molar refractivity (Wildman–Crippen MR) is 75.7 cm³/mol. The van der Waals surface area contributed by atoms with Gasteiger partial charge in [0.2, 0.25) is 0 Å². The fourth-order valence-corrected chi connectivity index (χ4v) is 2.52. The average Bonchev–Trinajstić information content (AvgIpc) is 2.84. The smallest absolute Gasteiger partial charge is 0.228 e. The molecule has 0 aliphatic carbocycles. The maximum atomic E-state index is 13.1. The molecule has 2 heterocycles. The molecule has 8 heteroatoms. The number of fused-ring (bicyclic) bond motifs is 1. The molecule has 0 unspecified atom stereocenters. The summed E-state index contributed by atoms with van der Waals surface area (Å²) in [5.41, 5.74) is -0.262. The van der Waals surface area contributed by atoms with Crippen molar-refractivity contribution in [2.75, 3.05) is 0 Å². The van der Waals surface area contributed by atoms with E-state index < -0.39 is 11.9 Å². The fourth-order valence-electron chi connectivity index (χ4n) is 1.96. The maximum absolute atomic E-state index is 13.1. The van der Waals surface area contributed by atoms with Crippen molar-refractivity contribution >= 4 is 29.9 Å². The van der Waals surface area contributed by atoms with Crippen LogP contribution in [0.15, 0.2) is 41.4 Å². The normalized spacial score (nSPS) is 12.0. The van der Waals surface area contributed by atoms with Gasteiger partial charge < -0.3 is 0 Å². The maximum Gasteiger partial charge on any atom is 0.433 e. The van der Waals surface area contributed by atoms with Crippen LogP contribution in [-0.2, 0) is 6.18 Å². The number of alkyl halides is 3. The molecular formula is C13H7ClF3N3S. The molecule has 0 aliphatic rings. The summed E-state index contributed by atoms with van der Waals surface area (Å²) in [7, 11) is 0. The number of benzene rings is 1. The van der Waals surface area contributed by atoms with E-state index in [0.29, 0.717) is 10.5 Å². The van der Waals surface area contributed by atoms with E-state index in [1.807, 2.05) is 0 Å². The largest absolute Gasteiger partial charge is 0.433 e. The van der Waals surface area contributed by atoms with Crippen LogP contribution in [0.1, 0.15) is 5.69 Å². The zero-order valence-electron chi connectivity index (χ0n) is 10.3. The first-order valence-electron chi connectivity index (χ1n) is 5.77. The van der Waals surface area contributed by atoms with Gasteiger partial charge in [-0.05, 0) is 18.2 Å². The van der Waals surface area contributed by atoms with E-state index in [1.165, 1.54) is 12.3 Å². The number of hydrogen-bond acceptors (Lipinski definition) is 3. The zero-order chi connectivity index (χ0) is 15.2. The molecule has 0 amide bonds. The molecule has 2 aromatic heterocycles. The summed E-state index contributed by atoms with van der Waals surface area (Å²) in [6.07, 6.45) is -3.28. The molecule has 0 atom stereocenters. The quantitative estimate of drug-likeness (QED) is 0.672. The van der Waals surface area contributed by atoms with Crippen LogP contribution < -0.4 is 0 Å². The van der Waals surface area contributed by atoms with E-state index in [0.717, 1.165) is 10.6 Å². The molecule has 1 aromatic carbocycles. The molecule has 3 nitrogen and oxygen atoms in total. The number of hydrogen-bond donors (Lipinski definition) is 1. The van der Waals surface area contributed by atoms with E-state index >= 15 is 0 Å². The Morgan fingerprint density at radius 1 is 1.14 bits per heavy atom. The van der Waals surface area contributed by atoms with Gasteiger partial charge in [0.15, 0.2) is 11.3 Å². The Labute approximate surface area is 127 Å². The Kier molecular flexibility index (Phi) is 3.33. The van der Waals surface area contributed by atoms with Gasteiger partial charge in [0.1, 0.15) is 0 Å². The van der Waals surface area contributed by atoms with Gasteiger partial charge in [-0.2, -0.15) is 18.3 Å². The minimum Gasteiger partial charge on any atom is -0.228 e. The SMILES string of the molecule is FC(F)(F)c1cc(-c2ccc(S)cc2Cl)nc2ccnn12. The number of nitrogens with zero attached hydrogens (tertiary/aromatic N) is 3. The standard InChI is InChI=1S/C13H7ClF3N3S/c14-9-5-7(21)1-2-8(9)10-6-11(13(15,16)17)20-12(19-10)3-4-18-20/h1-6,21H. The highest BCUT2D eigenvalue weighted by Crippen LogP contribution is 2.34. The summed E-state index contributed by atoms with van der Waals surface area (Å²) in [6.45, 7) is 0. The highest BCUT2D eigenvalue weighted by Gasteiger charge is 2.35. The first-order chi connectivity index (χ1) is 9.86. The second-order valence-corrected chi connectivity index (χ2v) is 5.21. The van der Waals surface area contributed by atoms with Gasteiger partial charge in [-0.25, -0.2) is 9.50 Å². The molecule has 3 aromatic rings. The fraction of sp³-hybridized carbons (Fsp3) is 0.0769. The van der Waals surface area contributed by atoms with Crippen molar-refractivity contribution in [1.29, 1.82) is 0 Å². The second-order valence-electron chi connectivity index (χ2n) is 4.29. The Balaban J connectivity index is 2.28. The number of thiol groups is 1. The summed E-state index contributed by atoms with van der Waals surface area (Å²) in [6, 6.07) is 7.11.